The minimum atomic E-state index is -2.86. The number of halogens is 2. The molecule has 1 unspecified atom stereocenters. The van der Waals surface area contributed by atoms with Crippen LogP contribution in [-0.4, -0.2) is 44.2 Å². The lowest BCUT2D eigenvalue weighted by Gasteiger charge is -2.40. The molecule has 0 saturated carbocycles. The summed E-state index contributed by atoms with van der Waals surface area (Å²) in [7, 11) is 2.07. The van der Waals surface area contributed by atoms with Gasteiger partial charge in [0, 0.05) is 37.4 Å². The molecule has 0 aromatic heterocycles. The van der Waals surface area contributed by atoms with Crippen molar-refractivity contribution >= 4 is 11.4 Å². The maximum absolute atomic E-state index is 12.3. The van der Waals surface area contributed by atoms with Crippen LogP contribution in [0.25, 0.3) is 0 Å². The van der Waals surface area contributed by atoms with E-state index in [1.165, 1.54) is 0 Å². The summed E-state index contributed by atoms with van der Waals surface area (Å²) in [5.41, 5.74) is 6.73. The summed E-state index contributed by atoms with van der Waals surface area (Å²) >= 11 is 0. The maximum atomic E-state index is 12.3. The monoisotopic (exact) mass is 271 g/mol. The number of ether oxygens (including phenoxy) is 1. The molecule has 1 aliphatic rings. The molecule has 1 atom stereocenters. The highest BCUT2D eigenvalue weighted by Crippen LogP contribution is 2.30. The van der Waals surface area contributed by atoms with E-state index in [2.05, 4.69) is 28.5 Å². The number of likely N-dealkylation sites (N-methyl/N-ethyl adjacent to an activating group) is 1. The van der Waals surface area contributed by atoms with Crippen LogP contribution in [0.2, 0.25) is 0 Å². The molecule has 2 N–H and O–H groups in total. The lowest BCUT2D eigenvalue weighted by atomic mass is 10.1. The predicted octanol–water partition coefficient (Wildman–Crippen LogP) is 2.01. The Morgan fingerprint density at radius 1 is 1.37 bits per heavy atom. The third-order valence-corrected chi connectivity index (χ3v) is 3.38. The molecule has 1 aliphatic heterocycles. The Hall–Kier alpha value is -1.56. The van der Waals surface area contributed by atoms with E-state index < -0.39 is 6.61 Å². The van der Waals surface area contributed by atoms with E-state index in [1.807, 2.05) is 6.07 Å². The van der Waals surface area contributed by atoms with Crippen LogP contribution in [0.1, 0.15) is 6.92 Å². The number of hydrogen-bond donors (Lipinski definition) is 1. The fourth-order valence-corrected chi connectivity index (χ4v) is 2.42. The molecule has 1 aromatic rings. The highest BCUT2D eigenvalue weighted by Gasteiger charge is 2.22. The summed E-state index contributed by atoms with van der Waals surface area (Å²) in [6.45, 7) is 1.99. The molecule has 19 heavy (non-hydrogen) atoms. The highest BCUT2D eigenvalue weighted by atomic mass is 19.3. The zero-order valence-corrected chi connectivity index (χ0v) is 11.1. The first-order valence-corrected chi connectivity index (χ1v) is 6.27. The topological polar surface area (TPSA) is 41.7 Å². The number of nitrogens with zero attached hydrogens (tertiary/aromatic N) is 2. The van der Waals surface area contributed by atoms with E-state index in [9.17, 15) is 8.78 Å². The van der Waals surface area contributed by atoms with Crippen LogP contribution in [0.4, 0.5) is 20.2 Å². The molecule has 4 nitrogen and oxygen atoms in total. The first-order valence-electron chi connectivity index (χ1n) is 6.27. The van der Waals surface area contributed by atoms with E-state index in [1.54, 1.807) is 12.1 Å². The Labute approximate surface area is 111 Å². The van der Waals surface area contributed by atoms with Crippen molar-refractivity contribution in [3.63, 3.8) is 0 Å². The molecule has 2 rings (SSSR count). The second-order valence-corrected chi connectivity index (χ2v) is 4.91. The van der Waals surface area contributed by atoms with Crippen molar-refractivity contribution in [2.45, 2.75) is 19.6 Å². The minimum absolute atomic E-state index is 0.0404. The average Bonchev–Trinajstić information content (AvgIpc) is 2.32. The van der Waals surface area contributed by atoms with Crippen molar-refractivity contribution in [2.75, 3.05) is 37.3 Å². The predicted molar refractivity (Wildman–Crippen MR) is 71.8 cm³/mol. The molecule has 6 heteroatoms. The van der Waals surface area contributed by atoms with Crippen molar-refractivity contribution in [1.29, 1.82) is 0 Å². The molecule has 1 fully saturated rings. The van der Waals surface area contributed by atoms with Gasteiger partial charge in [0.15, 0.2) is 5.75 Å². The van der Waals surface area contributed by atoms with Gasteiger partial charge in [0.25, 0.3) is 0 Å². The summed E-state index contributed by atoms with van der Waals surface area (Å²) in [5.74, 6) is 0.0404. The number of nitrogens with two attached hydrogens (primary N) is 1. The first kappa shape index (κ1) is 13.9. The Balaban J connectivity index is 2.20. The summed E-state index contributed by atoms with van der Waals surface area (Å²) in [4.78, 5) is 4.42. The van der Waals surface area contributed by atoms with Crippen LogP contribution in [-0.2, 0) is 0 Å². The lowest BCUT2D eigenvalue weighted by molar-refractivity contribution is -0.0493. The Morgan fingerprint density at radius 2 is 2.11 bits per heavy atom. The van der Waals surface area contributed by atoms with Crippen LogP contribution in [0.5, 0.6) is 5.75 Å². The van der Waals surface area contributed by atoms with Crippen molar-refractivity contribution in [3.8, 4) is 5.75 Å². The standard InChI is InChI=1S/C13H19F2N3O/c1-9-8-17(2)5-6-18(9)10-3-4-11(16)12(7-10)19-13(14)15/h3-4,7,9,13H,5-6,8,16H2,1-2H3. The first-order chi connectivity index (χ1) is 8.97. The molecule has 0 spiro atoms. The summed E-state index contributed by atoms with van der Waals surface area (Å²) in [5, 5.41) is 0. The van der Waals surface area contributed by atoms with E-state index in [0.717, 1.165) is 25.3 Å². The van der Waals surface area contributed by atoms with Gasteiger partial charge >= 0.3 is 6.61 Å². The maximum Gasteiger partial charge on any atom is 0.387 e. The van der Waals surface area contributed by atoms with Gasteiger partial charge in [-0.15, -0.1) is 0 Å². The largest absolute Gasteiger partial charge is 0.433 e. The number of rotatable bonds is 3. The van der Waals surface area contributed by atoms with E-state index in [-0.39, 0.29) is 11.4 Å². The summed E-state index contributed by atoms with van der Waals surface area (Å²) in [6.07, 6.45) is 0. The number of nitrogen functional groups attached to an aromatic ring is 1. The van der Waals surface area contributed by atoms with Crippen LogP contribution >= 0.6 is 0 Å². The quantitative estimate of drug-likeness (QED) is 0.854. The van der Waals surface area contributed by atoms with Crippen LogP contribution in [0.15, 0.2) is 18.2 Å². The van der Waals surface area contributed by atoms with Gasteiger partial charge in [-0.2, -0.15) is 8.78 Å². The Morgan fingerprint density at radius 3 is 2.74 bits per heavy atom. The lowest BCUT2D eigenvalue weighted by Crippen LogP contribution is -2.50. The number of hydrogen-bond acceptors (Lipinski definition) is 4. The Kier molecular flexibility index (Phi) is 4.09. The van der Waals surface area contributed by atoms with Crippen molar-refractivity contribution < 1.29 is 13.5 Å². The van der Waals surface area contributed by atoms with Gasteiger partial charge in [-0.25, -0.2) is 0 Å². The fourth-order valence-electron chi connectivity index (χ4n) is 2.42. The smallest absolute Gasteiger partial charge is 0.387 e. The minimum Gasteiger partial charge on any atom is -0.433 e. The molecule has 1 heterocycles. The molecular formula is C13H19F2N3O. The zero-order chi connectivity index (χ0) is 14.0. The number of alkyl halides is 2. The number of benzene rings is 1. The molecule has 106 valence electrons. The van der Waals surface area contributed by atoms with Gasteiger partial charge in [0.1, 0.15) is 0 Å². The van der Waals surface area contributed by atoms with Gasteiger partial charge in [-0.3, -0.25) is 0 Å². The van der Waals surface area contributed by atoms with Gasteiger partial charge in [-0.05, 0) is 26.1 Å². The molecule has 0 bridgehead atoms. The molecule has 1 saturated heterocycles. The molecule has 0 radical (unpaired) electrons. The second-order valence-electron chi connectivity index (χ2n) is 4.91. The number of anilines is 2. The summed E-state index contributed by atoms with van der Waals surface area (Å²) < 4.78 is 29.0. The van der Waals surface area contributed by atoms with Crippen molar-refractivity contribution in [2.24, 2.45) is 0 Å². The van der Waals surface area contributed by atoms with Crippen molar-refractivity contribution in [1.82, 2.24) is 4.90 Å². The van der Waals surface area contributed by atoms with Crippen LogP contribution in [0, 0.1) is 0 Å². The molecule has 0 amide bonds. The van der Waals surface area contributed by atoms with E-state index >= 15 is 0 Å². The average molecular weight is 271 g/mol. The SMILES string of the molecule is CC1CN(C)CCN1c1ccc(N)c(OC(F)F)c1. The van der Waals surface area contributed by atoms with Gasteiger partial charge < -0.3 is 20.3 Å². The molecular weight excluding hydrogens is 252 g/mol. The van der Waals surface area contributed by atoms with Crippen LogP contribution < -0.4 is 15.4 Å². The third-order valence-electron chi connectivity index (χ3n) is 3.38. The molecule has 1 aromatic carbocycles. The molecule has 0 aliphatic carbocycles. The zero-order valence-electron chi connectivity index (χ0n) is 11.1. The van der Waals surface area contributed by atoms with Gasteiger partial charge in [0.05, 0.1) is 5.69 Å². The third kappa shape index (κ3) is 3.26. The summed E-state index contributed by atoms with van der Waals surface area (Å²) in [6, 6.07) is 5.36. The van der Waals surface area contributed by atoms with Crippen molar-refractivity contribution in [3.05, 3.63) is 18.2 Å². The Bertz CT molecular complexity index is 442. The van der Waals surface area contributed by atoms with Gasteiger partial charge in [0.2, 0.25) is 0 Å². The number of piperazine rings is 1. The van der Waals surface area contributed by atoms with Crippen LogP contribution in [0.3, 0.4) is 0 Å². The second kappa shape index (κ2) is 5.61. The fraction of sp³-hybridized carbons (Fsp3) is 0.538. The van der Waals surface area contributed by atoms with Gasteiger partial charge in [-0.1, -0.05) is 0 Å². The normalized spacial score (nSPS) is 20.9. The van der Waals surface area contributed by atoms with E-state index in [4.69, 9.17) is 5.73 Å². The van der Waals surface area contributed by atoms with E-state index in [0.29, 0.717) is 6.04 Å². The highest BCUT2D eigenvalue weighted by molar-refractivity contribution is 5.62.